The largest absolute Gasteiger partial charge is 0.491 e. The molecule has 1 aromatic heterocycles. The molecule has 5 heteroatoms. The van der Waals surface area contributed by atoms with Crippen LogP contribution >= 0.6 is 0 Å². The molecule has 0 aliphatic heterocycles. The van der Waals surface area contributed by atoms with Crippen molar-refractivity contribution < 1.29 is 9.53 Å². The number of amides is 1. The molecule has 1 aromatic rings. The Kier molecular flexibility index (Phi) is 4.95. The van der Waals surface area contributed by atoms with Crippen molar-refractivity contribution in [3.63, 3.8) is 0 Å². The lowest BCUT2D eigenvalue weighted by Crippen LogP contribution is -2.20. The predicted molar refractivity (Wildman–Crippen MR) is 77.4 cm³/mol. The molecule has 1 amide bonds. The minimum Gasteiger partial charge on any atom is -0.491 e. The minimum absolute atomic E-state index is 0.176. The number of ether oxygens (including phenoxy) is 1. The first-order chi connectivity index (χ1) is 9.58. The van der Waals surface area contributed by atoms with E-state index in [1.165, 1.54) is 32.1 Å². The summed E-state index contributed by atoms with van der Waals surface area (Å²) in [4.78, 5) is 15.7. The van der Waals surface area contributed by atoms with E-state index in [0.29, 0.717) is 24.0 Å². The number of hydrogen-bond acceptors (Lipinski definition) is 4. The van der Waals surface area contributed by atoms with Crippen molar-refractivity contribution in [2.75, 3.05) is 6.61 Å². The molecule has 1 unspecified atom stereocenters. The van der Waals surface area contributed by atoms with E-state index in [2.05, 4.69) is 4.98 Å². The van der Waals surface area contributed by atoms with Crippen LogP contribution in [0.1, 0.15) is 61.3 Å². The van der Waals surface area contributed by atoms with Crippen LogP contribution in [0.15, 0.2) is 12.1 Å². The van der Waals surface area contributed by atoms with Gasteiger partial charge in [-0.25, -0.2) is 4.98 Å². The zero-order valence-corrected chi connectivity index (χ0v) is 12.0. The number of nitrogens with zero attached hydrogens (tertiary/aromatic N) is 1. The van der Waals surface area contributed by atoms with Crippen molar-refractivity contribution in [3.05, 3.63) is 23.5 Å². The fourth-order valence-corrected chi connectivity index (χ4v) is 2.57. The molecule has 1 atom stereocenters. The summed E-state index contributed by atoms with van der Waals surface area (Å²) in [6.45, 7) is 2.44. The molecule has 1 saturated carbocycles. The van der Waals surface area contributed by atoms with Crippen molar-refractivity contribution in [1.82, 2.24) is 4.98 Å². The molecule has 1 aliphatic rings. The number of rotatable bonds is 5. The summed E-state index contributed by atoms with van der Waals surface area (Å²) in [5, 5.41) is 0. The first-order valence-electron chi connectivity index (χ1n) is 7.27. The van der Waals surface area contributed by atoms with Crippen LogP contribution in [0.5, 0.6) is 5.75 Å². The van der Waals surface area contributed by atoms with Gasteiger partial charge in [0, 0.05) is 6.04 Å². The first-order valence-corrected chi connectivity index (χ1v) is 7.27. The van der Waals surface area contributed by atoms with Crippen molar-refractivity contribution in [2.24, 2.45) is 17.4 Å². The third-order valence-electron chi connectivity index (χ3n) is 3.78. The van der Waals surface area contributed by atoms with Crippen molar-refractivity contribution in [2.45, 2.75) is 45.1 Å². The molecule has 4 N–H and O–H groups in total. The van der Waals surface area contributed by atoms with Gasteiger partial charge in [-0.2, -0.15) is 0 Å². The number of carbonyl (C=O) groups is 1. The van der Waals surface area contributed by atoms with Crippen LogP contribution in [0, 0.1) is 5.92 Å². The highest BCUT2D eigenvalue weighted by Gasteiger charge is 2.18. The summed E-state index contributed by atoms with van der Waals surface area (Å²) < 4.78 is 5.77. The molecular formula is C15H23N3O2. The number of aromatic nitrogens is 1. The lowest BCUT2D eigenvalue weighted by Gasteiger charge is -2.22. The Bertz CT molecular complexity index is 468. The lowest BCUT2D eigenvalue weighted by atomic mass is 9.90. The fraction of sp³-hybridized carbons (Fsp3) is 0.600. The van der Waals surface area contributed by atoms with Gasteiger partial charge < -0.3 is 16.2 Å². The zero-order valence-electron chi connectivity index (χ0n) is 12.0. The van der Waals surface area contributed by atoms with Gasteiger partial charge in [0.25, 0.3) is 5.91 Å². The fourth-order valence-electron chi connectivity index (χ4n) is 2.57. The molecule has 0 spiro atoms. The Balaban J connectivity index is 2.07. The maximum absolute atomic E-state index is 11.5. The maximum Gasteiger partial charge on any atom is 0.271 e. The molecular weight excluding hydrogens is 254 g/mol. The Hall–Kier alpha value is -1.62. The summed E-state index contributed by atoms with van der Waals surface area (Å²) in [6, 6.07) is 3.29. The van der Waals surface area contributed by atoms with E-state index in [1.54, 1.807) is 12.1 Å². The van der Waals surface area contributed by atoms with Gasteiger partial charge in [0.15, 0.2) is 11.4 Å². The quantitative estimate of drug-likeness (QED) is 0.862. The van der Waals surface area contributed by atoms with Crippen LogP contribution < -0.4 is 16.2 Å². The van der Waals surface area contributed by atoms with Crippen molar-refractivity contribution in [3.8, 4) is 5.75 Å². The number of carbonyl (C=O) groups excluding carboxylic acids is 1. The van der Waals surface area contributed by atoms with Gasteiger partial charge in [-0.1, -0.05) is 19.3 Å². The van der Waals surface area contributed by atoms with E-state index < -0.39 is 5.91 Å². The molecule has 1 fully saturated rings. The van der Waals surface area contributed by atoms with E-state index in [-0.39, 0.29) is 11.7 Å². The van der Waals surface area contributed by atoms with Gasteiger partial charge in [-0.05, 0) is 37.8 Å². The smallest absolute Gasteiger partial charge is 0.271 e. The highest BCUT2D eigenvalue weighted by Crippen LogP contribution is 2.26. The predicted octanol–water partition coefficient (Wildman–Crippen LogP) is 2.16. The highest BCUT2D eigenvalue weighted by atomic mass is 16.5. The molecule has 20 heavy (non-hydrogen) atoms. The third kappa shape index (κ3) is 3.70. The summed E-state index contributed by atoms with van der Waals surface area (Å²) >= 11 is 0. The highest BCUT2D eigenvalue weighted by molar-refractivity contribution is 5.93. The van der Waals surface area contributed by atoms with Crippen molar-refractivity contribution >= 4 is 5.91 Å². The van der Waals surface area contributed by atoms with Crippen LogP contribution in [0.25, 0.3) is 0 Å². The second kappa shape index (κ2) is 6.70. The Labute approximate surface area is 119 Å². The average Bonchev–Trinajstić information content (AvgIpc) is 2.45. The summed E-state index contributed by atoms with van der Waals surface area (Å²) in [5.41, 5.74) is 12.0. The molecule has 110 valence electrons. The summed E-state index contributed by atoms with van der Waals surface area (Å²) in [7, 11) is 0. The normalized spacial score (nSPS) is 17.7. The monoisotopic (exact) mass is 277 g/mol. The molecule has 5 nitrogen and oxygen atoms in total. The minimum atomic E-state index is -0.578. The van der Waals surface area contributed by atoms with Crippen LogP contribution in [-0.2, 0) is 0 Å². The molecule has 1 heterocycles. The molecule has 0 radical (unpaired) electrons. The van der Waals surface area contributed by atoms with Crippen LogP contribution in [0.4, 0.5) is 0 Å². The zero-order chi connectivity index (χ0) is 14.5. The van der Waals surface area contributed by atoms with E-state index >= 15 is 0 Å². The van der Waals surface area contributed by atoms with E-state index in [9.17, 15) is 4.79 Å². The summed E-state index contributed by atoms with van der Waals surface area (Å²) in [6.07, 6.45) is 6.22. The number of nitrogens with two attached hydrogens (primary N) is 2. The Morgan fingerprint density at radius 1 is 1.40 bits per heavy atom. The van der Waals surface area contributed by atoms with Gasteiger partial charge in [0.2, 0.25) is 0 Å². The lowest BCUT2D eigenvalue weighted by molar-refractivity contribution is 0.0988. The van der Waals surface area contributed by atoms with Gasteiger partial charge in [-0.15, -0.1) is 0 Å². The first kappa shape index (κ1) is 14.8. The van der Waals surface area contributed by atoms with Crippen LogP contribution in [-0.4, -0.2) is 17.5 Å². The number of pyridine rings is 1. The third-order valence-corrected chi connectivity index (χ3v) is 3.78. The average molecular weight is 277 g/mol. The van der Waals surface area contributed by atoms with Gasteiger partial charge >= 0.3 is 0 Å². The van der Waals surface area contributed by atoms with Crippen molar-refractivity contribution in [1.29, 1.82) is 0 Å². The maximum atomic E-state index is 11.5. The van der Waals surface area contributed by atoms with Crippen LogP contribution in [0.3, 0.4) is 0 Å². The second-order valence-corrected chi connectivity index (χ2v) is 5.55. The van der Waals surface area contributed by atoms with Gasteiger partial charge in [0.1, 0.15) is 0 Å². The topological polar surface area (TPSA) is 91.2 Å². The Morgan fingerprint density at radius 2 is 2.10 bits per heavy atom. The Morgan fingerprint density at radius 3 is 2.70 bits per heavy atom. The number of primary amides is 1. The molecule has 0 saturated heterocycles. The van der Waals surface area contributed by atoms with Gasteiger partial charge in [0.05, 0.1) is 12.3 Å². The molecule has 0 bridgehead atoms. The van der Waals surface area contributed by atoms with Crippen LogP contribution in [0.2, 0.25) is 0 Å². The molecule has 2 rings (SSSR count). The molecule has 1 aliphatic carbocycles. The van der Waals surface area contributed by atoms with Gasteiger partial charge in [-0.3, -0.25) is 4.79 Å². The number of hydrogen-bond donors (Lipinski definition) is 2. The summed E-state index contributed by atoms with van der Waals surface area (Å²) in [5.74, 6) is 0.455. The molecule has 0 aromatic carbocycles. The van der Waals surface area contributed by atoms with E-state index in [0.717, 1.165) is 0 Å². The standard InChI is InChI=1S/C15H23N3O2/c1-10(16)12-7-8-13(14(18-12)15(17)19)20-9-11-5-3-2-4-6-11/h7-8,10-11H,2-6,9,16H2,1H3,(H2,17,19). The van der Waals surface area contributed by atoms with E-state index in [1.807, 2.05) is 6.92 Å². The van der Waals surface area contributed by atoms with E-state index in [4.69, 9.17) is 16.2 Å². The SMILES string of the molecule is CC(N)c1ccc(OCC2CCCCC2)c(C(N)=O)n1. The second-order valence-electron chi connectivity index (χ2n) is 5.55.